The van der Waals surface area contributed by atoms with Gasteiger partial charge in [-0.15, -0.1) is 0 Å². The predicted octanol–water partition coefficient (Wildman–Crippen LogP) is 2.87. The molecule has 1 fully saturated rings. The average molecular weight is 437 g/mol. The molecule has 2 atom stereocenters. The summed E-state index contributed by atoms with van der Waals surface area (Å²) in [6, 6.07) is 8.16. The summed E-state index contributed by atoms with van der Waals surface area (Å²) in [5, 5.41) is 7.24. The first-order chi connectivity index (χ1) is 15.5. The smallest absolute Gasteiger partial charge is 0.316 e. The zero-order valence-corrected chi connectivity index (χ0v) is 18.8. The Kier molecular flexibility index (Phi) is 6.36. The van der Waals surface area contributed by atoms with E-state index in [1.165, 1.54) is 7.11 Å². The fraction of sp³-hybridized carbons (Fsp3) is 0.391. The molecule has 0 radical (unpaired) electrons. The number of aromatic nitrogens is 3. The van der Waals surface area contributed by atoms with Gasteiger partial charge < -0.3 is 25.0 Å². The molecule has 0 saturated carbocycles. The molecule has 4 rings (SSSR count). The van der Waals surface area contributed by atoms with Crippen molar-refractivity contribution in [2.45, 2.75) is 32.9 Å². The van der Waals surface area contributed by atoms with Crippen LogP contribution in [0.15, 0.2) is 36.7 Å². The third kappa shape index (κ3) is 4.57. The van der Waals surface area contributed by atoms with Gasteiger partial charge in [0.15, 0.2) is 0 Å². The number of hydrogen-bond donors (Lipinski definition) is 2. The van der Waals surface area contributed by atoms with Crippen LogP contribution in [0.25, 0.3) is 10.9 Å². The van der Waals surface area contributed by atoms with Crippen molar-refractivity contribution >= 4 is 28.2 Å². The maximum atomic E-state index is 13.1. The van der Waals surface area contributed by atoms with E-state index in [-0.39, 0.29) is 11.9 Å². The molecular weight excluding hydrogens is 408 g/mol. The fourth-order valence-corrected chi connectivity index (χ4v) is 4.06. The van der Waals surface area contributed by atoms with Crippen molar-refractivity contribution in [1.82, 2.24) is 20.3 Å². The molecule has 0 aliphatic carbocycles. The minimum Gasteiger partial charge on any atom is -0.478 e. The van der Waals surface area contributed by atoms with E-state index in [0.717, 1.165) is 24.2 Å². The van der Waals surface area contributed by atoms with Gasteiger partial charge in [0.2, 0.25) is 5.88 Å². The first kappa shape index (κ1) is 21.8. The molecule has 9 nitrogen and oxygen atoms in total. The quantitative estimate of drug-likeness (QED) is 0.608. The number of carbonyl (C=O) groups is 1. The van der Waals surface area contributed by atoms with Crippen LogP contribution in [0.1, 0.15) is 31.1 Å². The van der Waals surface area contributed by atoms with Crippen LogP contribution >= 0.6 is 0 Å². The van der Waals surface area contributed by atoms with Gasteiger partial charge in [0, 0.05) is 48.5 Å². The number of rotatable bonds is 6. The summed E-state index contributed by atoms with van der Waals surface area (Å²) < 4.78 is 10.6. The lowest BCUT2D eigenvalue weighted by atomic mass is 10.0. The lowest BCUT2D eigenvalue weighted by Crippen LogP contribution is -2.54. The zero-order valence-electron chi connectivity index (χ0n) is 18.8. The summed E-state index contributed by atoms with van der Waals surface area (Å²) in [6.07, 6.45) is 3.29. The van der Waals surface area contributed by atoms with Gasteiger partial charge in [0.05, 0.1) is 36.7 Å². The Morgan fingerprint density at radius 2 is 1.94 bits per heavy atom. The van der Waals surface area contributed by atoms with Crippen LogP contribution in [0.3, 0.4) is 0 Å². The highest BCUT2D eigenvalue weighted by Crippen LogP contribution is 2.31. The van der Waals surface area contributed by atoms with Crippen LogP contribution in [0.2, 0.25) is 0 Å². The van der Waals surface area contributed by atoms with E-state index in [4.69, 9.17) is 9.47 Å². The number of pyridine rings is 1. The molecule has 9 heteroatoms. The third-order valence-electron chi connectivity index (χ3n) is 5.32. The van der Waals surface area contributed by atoms with E-state index >= 15 is 0 Å². The number of hydrogen-bond acceptors (Lipinski definition) is 8. The first-order valence-electron chi connectivity index (χ1n) is 10.7. The molecule has 0 spiro atoms. The highest BCUT2D eigenvalue weighted by Gasteiger charge is 2.24. The van der Waals surface area contributed by atoms with Gasteiger partial charge in [-0.3, -0.25) is 4.79 Å². The van der Waals surface area contributed by atoms with Crippen LogP contribution in [0, 0.1) is 0 Å². The summed E-state index contributed by atoms with van der Waals surface area (Å²) in [5.74, 6) is 0.229. The zero-order chi connectivity index (χ0) is 22.7. The van der Waals surface area contributed by atoms with Gasteiger partial charge in [-0.1, -0.05) is 0 Å². The SMILES string of the molecule is CCOc1ccc(NC(=O)c2ccc(N3CC(C)NC(C)C3)c3cnc(OC)nc23)cn1. The third-order valence-corrected chi connectivity index (χ3v) is 5.32. The number of piperazine rings is 1. The lowest BCUT2D eigenvalue weighted by Gasteiger charge is -2.38. The predicted molar refractivity (Wildman–Crippen MR) is 124 cm³/mol. The van der Waals surface area contributed by atoms with E-state index in [1.54, 1.807) is 30.6 Å². The van der Waals surface area contributed by atoms with Crippen molar-refractivity contribution in [2.24, 2.45) is 0 Å². The fourth-order valence-electron chi connectivity index (χ4n) is 4.06. The van der Waals surface area contributed by atoms with Gasteiger partial charge in [0.1, 0.15) is 0 Å². The molecule has 1 aromatic carbocycles. The standard InChI is InChI=1S/C23H28N6O3/c1-5-32-20-9-6-16(10-24-20)27-22(30)17-7-8-19(29-12-14(2)26-15(3)13-29)18-11-25-23(31-4)28-21(17)18/h6-11,14-15,26H,5,12-13H2,1-4H3,(H,27,30). The number of amides is 1. The molecule has 3 aromatic rings. The summed E-state index contributed by atoms with van der Waals surface area (Å²) in [4.78, 5) is 28.5. The Bertz CT molecular complexity index is 1090. The van der Waals surface area contributed by atoms with E-state index in [2.05, 4.69) is 44.3 Å². The first-order valence-corrected chi connectivity index (χ1v) is 10.7. The number of nitrogens with one attached hydrogen (secondary N) is 2. The van der Waals surface area contributed by atoms with Crippen LogP contribution < -0.4 is 25.0 Å². The van der Waals surface area contributed by atoms with Crippen molar-refractivity contribution in [3.8, 4) is 11.9 Å². The number of anilines is 2. The van der Waals surface area contributed by atoms with Crippen molar-refractivity contribution in [2.75, 3.05) is 37.0 Å². The van der Waals surface area contributed by atoms with Crippen LogP contribution in [-0.4, -0.2) is 59.7 Å². The number of fused-ring (bicyclic) bond motifs is 1. The van der Waals surface area contributed by atoms with E-state index in [0.29, 0.717) is 41.3 Å². The second-order valence-electron chi connectivity index (χ2n) is 7.90. The summed E-state index contributed by atoms with van der Waals surface area (Å²) in [6.45, 7) is 8.46. The van der Waals surface area contributed by atoms with Crippen molar-refractivity contribution in [3.63, 3.8) is 0 Å². The average Bonchev–Trinajstić information content (AvgIpc) is 2.78. The largest absolute Gasteiger partial charge is 0.478 e. The molecule has 0 bridgehead atoms. The minimum absolute atomic E-state index is 0.216. The number of nitrogens with zero attached hydrogens (tertiary/aromatic N) is 4. The molecule has 3 heterocycles. The van der Waals surface area contributed by atoms with Crippen LogP contribution in [0.4, 0.5) is 11.4 Å². The second kappa shape index (κ2) is 9.35. The van der Waals surface area contributed by atoms with Crippen molar-refractivity contribution < 1.29 is 14.3 Å². The molecule has 32 heavy (non-hydrogen) atoms. The Hall–Kier alpha value is -3.46. The highest BCUT2D eigenvalue weighted by molar-refractivity contribution is 6.13. The number of ether oxygens (including phenoxy) is 2. The topological polar surface area (TPSA) is 102 Å². The maximum absolute atomic E-state index is 13.1. The molecule has 1 aliphatic rings. The Balaban J connectivity index is 1.69. The molecule has 2 N–H and O–H groups in total. The van der Waals surface area contributed by atoms with Crippen LogP contribution in [-0.2, 0) is 0 Å². The van der Waals surface area contributed by atoms with Crippen molar-refractivity contribution in [1.29, 1.82) is 0 Å². The van der Waals surface area contributed by atoms with Gasteiger partial charge >= 0.3 is 6.01 Å². The minimum atomic E-state index is -0.282. The molecule has 168 valence electrons. The normalized spacial score (nSPS) is 18.4. The molecule has 2 unspecified atom stereocenters. The van der Waals surface area contributed by atoms with Gasteiger partial charge in [-0.2, -0.15) is 4.98 Å². The second-order valence-corrected chi connectivity index (χ2v) is 7.90. The summed E-state index contributed by atoms with van der Waals surface area (Å²) in [5.41, 5.74) is 2.56. The van der Waals surface area contributed by atoms with Gasteiger partial charge in [0.25, 0.3) is 5.91 Å². The lowest BCUT2D eigenvalue weighted by molar-refractivity contribution is 0.102. The van der Waals surface area contributed by atoms with E-state index in [1.807, 2.05) is 13.0 Å². The molecule has 1 saturated heterocycles. The van der Waals surface area contributed by atoms with Crippen LogP contribution in [0.5, 0.6) is 11.9 Å². The number of methoxy groups -OCH3 is 1. The summed E-state index contributed by atoms with van der Waals surface area (Å²) in [7, 11) is 1.51. The van der Waals surface area contributed by atoms with Gasteiger partial charge in [-0.05, 0) is 39.0 Å². The molecular formula is C23H28N6O3. The van der Waals surface area contributed by atoms with Gasteiger partial charge in [-0.25, -0.2) is 9.97 Å². The van der Waals surface area contributed by atoms with E-state index < -0.39 is 0 Å². The molecule has 2 aromatic heterocycles. The monoisotopic (exact) mass is 436 g/mol. The Morgan fingerprint density at radius 1 is 1.16 bits per heavy atom. The molecule has 1 aliphatic heterocycles. The molecule has 1 amide bonds. The Labute approximate surface area is 187 Å². The Morgan fingerprint density at radius 3 is 2.59 bits per heavy atom. The number of carbonyl (C=O) groups excluding carboxylic acids is 1. The highest BCUT2D eigenvalue weighted by atomic mass is 16.5. The van der Waals surface area contributed by atoms with Crippen molar-refractivity contribution in [3.05, 3.63) is 42.2 Å². The summed E-state index contributed by atoms with van der Waals surface area (Å²) >= 11 is 0. The number of benzene rings is 1. The van der Waals surface area contributed by atoms with E-state index in [9.17, 15) is 4.79 Å². The maximum Gasteiger partial charge on any atom is 0.316 e.